The Bertz CT molecular complexity index is 1540. The average Bonchev–Trinajstić information content (AvgIpc) is 3.57. The number of benzene rings is 2. The molecule has 2 bridgehead atoms. The molecule has 1 aromatic heterocycles. The van der Waals surface area contributed by atoms with E-state index in [1.54, 1.807) is 0 Å². The lowest BCUT2D eigenvalue weighted by Gasteiger charge is -2.34. The van der Waals surface area contributed by atoms with E-state index in [4.69, 9.17) is 27.1 Å². The maximum absolute atomic E-state index is 16.4. The Morgan fingerprint density at radius 1 is 1.10 bits per heavy atom. The normalized spacial score (nSPS) is 27.7. The molecule has 0 spiro atoms. The van der Waals surface area contributed by atoms with E-state index in [2.05, 4.69) is 20.1 Å². The number of aromatic nitrogens is 2. The van der Waals surface area contributed by atoms with Gasteiger partial charge in [0.1, 0.15) is 24.1 Å². The Kier molecular flexibility index (Phi) is 6.67. The number of fused-ring (bicyclic) bond motifs is 4. The number of ether oxygens (including phenoxy) is 1. The van der Waals surface area contributed by atoms with Gasteiger partial charge in [0.25, 0.3) is 0 Å². The number of rotatable bonds is 5. The number of nitrogens with two attached hydrogens (primary N) is 1. The van der Waals surface area contributed by atoms with Crippen LogP contribution in [0.15, 0.2) is 24.3 Å². The monoisotopic (exact) mass is 608 g/mol. The molecule has 7 nitrogen and oxygen atoms in total. The summed E-state index contributed by atoms with van der Waals surface area (Å²) in [5, 5.41) is 3.80. The highest BCUT2D eigenvalue weighted by atomic mass is 35.5. The molecule has 0 saturated carbocycles. The third kappa shape index (κ3) is 4.81. The second-order valence-corrected chi connectivity index (χ2v) is 12.4. The van der Waals surface area contributed by atoms with E-state index in [9.17, 15) is 17.6 Å². The Labute approximate surface area is 244 Å². The Hall–Kier alpha value is -2.96. The van der Waals surface area contributed by atoms with E-state index >= 15 is 4.39 Å². The van der Waals surface area contributed by atoms with Gasteiger partial charge in [0.15, 0.2) is 5.82 Å². The molecular formula is C29H30ClF5N6O. The zero-order valence-electron chi connectivity index (χ0n) is 22.7. The Morgan fingerprint density at radius 3 is 2.60 bits per heavy atom. The predicted octanol–water partition coefficient (Wildman–Crippen LogP) is 5.59. The van der Waals surface area contributed by atoms with Crippen molar-refractivity contribution in [3.8, 4) is 17.1 Å². The molecular weight excluding hydrogens is 579 g/mol. The van der Waals surface area contributed by atoms with Gasteiger partial charge in [0.05, 0.1) is 16.1 Å². The van der Waals surface area contributed by atoms with Crippen LogP contribution in [0.2, 0.25) is 5.02 Å². The topological polar surface area (TPSA) is 79.5 Å². The minimum absolute atomic E-state index is 0.0670. The second kappa shape index (κ2) is 10.1. The number of nitrogen functional groups attached to an aromatic ring is 1. The van der Waals surface area contributed by atoms with Gasteiger partial charge in [-0.15, -0.1) is 0 Å². The molecule has 0 radical (unpaired) electrons. The summed E-state index contributed by atoms with van der Waals surface area (Å²) in [5.74, 6) is -0.451. The van der Waals surface area contributed by atoms with Gasteiger partial charge in [-0.05, 0) is 62.1 Å². The van der Waals surface area contributed by atoms with Crippen LogP contribution >= 0.6 is 11.6 Å². The maximum Gasteiger partial charge on any atom is 0.416 e. The lowest BCUT2D eigenvalue weighted by molar-refractivity contribution is -0.137. The summed E-state index contributed by atoms with van der Waals surface area (Å²) in [6, 6.07) is 4.78. The molecule has 7 rings (SSSR count). The molecule has 3 N–H and O–H groups in total. The second-order valence-electron chi connectivity index (χ2n) is 12.0. The van der Waals surface area contributed by atoms with Crippen molar-refractivity contribution in [3.63, 3.8) is 0 Å². The van der Waals surface area contributed by atoms with Crippen LogP contribution in [-0.4, -0.2) is 71.4 Å². The van der Waals surface area contributed by atoms with Crippen LogP contribution in [0.4, 0.5) is 33.5 Å². The first-order valence-electron chi connectivity index (χ1n) is 14.2. The molecule has 0 amide bonds. The lowest BCUT2D eigenvalue weighted by Crippen LogP contribution is -2.51. The third-order valence-corrected chi connectivity index (χ3v) is 9.46. The maximum atomic E-state index is 16.4. The number of nitrogens with one attached hydrogen (secondary N) is 1. The van der Waals surface area contributed by atoms with Gasteiger partial charge in [-0.3, -0.25) is 4.90 Å². The number of anilines is 2. The summed E-state index contributed by atoms with van der Waals surface area (Å²) < 4.78 is 77.6. The van der Waals surface area contributed by atoms with Crippen LogP contribution in [0, 0.1) is 5.82 Å². The summed E-state index contributed by atoms with van der Waals surface area (Å²) in [6.45, 7) is 2.56. The van der Waals surface area contributed by atoms with E-state index in [0.717, 1.165) is 44.4 Å². The zero-order chi connectivity index (χ0) is 29.4. The minimum atomic E-state index is -4.69. The summed E-state index contributed by atoms with van der Waals surface area (Å²) in [6.07, 6.45) is -1.56. The molecule has 0 unspecified atom stereocenters. The van der Waals surface area contributed by atoms with Gasteiger partial charge in [0.2, 0.25) is 0 Å². The van der Waals surface area contributed by atoms with Gasteiger partial charge < -0.3 is 20.7 Å². The lowest BCUT2D eigenvalue weighted by atomic mass is 9.95. The SMILES string of the molecule is Nc1cc(-c2c(Cl)cc3c(N4C[C@H]5CC[C@@H](C4)N5)nc(OC[C@@]45CCCN4C[C@H](F)C5)nc3c2F)cc(C(F)(F)F)c1. The fraction of sp³-hybridized carbons (Fsp3) is 0.517. The molecule has 13 heteroatoms. The van der Waals surface area contributed by atoms with Crippen molar-refractivity contribution >= 4 is 34.0 Å². The van der Waals surface area contributed by atoms with Crippen molar-refractivity contribution in [2.45, 2.75) is 62.1 Å². The zero-order valence-corrected chi connectivity index (χ0v) is 23.4. The van der Waals surface area contributed by atoms with Gasteiger partial charge >= 0.3 is 12.2 Å². The first-order valence-corrected chi connectivity index (χ1v) is 14.6. The highest BCUT2D eigenvalue weighted by Crippen LogP contribution is 2.43. The van der Waals surface area contributed by atoms with Crippen molar-refractivity contribution < 1.29 is 26.7 Å². The summed E-state index contributed by atoms with van der Waals surface area (Å²) >= 11 is 6.58. The molecule has 224 valence electrons. The molecule has 42 heavy (non-hydrogen) atoms. The van der Waals surface area contributed by atoms with Gasteiger partial charge in [-0.1, -0.05) is 11.6 Å². The van der Waals surface area contributed by atoms with E-state index in [-0.39, 0.29) is 52.1 Å². The quantitative estimate of drug-likeness (QED) is 0.289. The first-order chi connectivity index (χ1) is 20.0. The van der Waals surface area contributed by atoms with E-state index in [0.29, 0.717) is 37.3 Å². The number of alkyl halides is 4. The smallest absolute Gasteiger partial charge is 0.416 e. The van der Waals surface area contributed by atoms with Crippen LogP contribution in [0.3, 0.4) is 0 Å². The fourth-order valence-corrected chi connectivity index (χ4v) is 7.61. The number of hydrogen-bond donors (Lipinski definition) is 2. The molecule has 5 heterocycles. The van der Waals surface area contributed by atoms with Crippen LogP contribution in [0.1, 0.15) is 37.7 Å². The third-order valence-electron chi connectivity index (χ3n) is 9.16. The van der Waals surface area contributed by atoms with Crippen molar-refractivity contribution in [2.24, 2.45) is 0 Å². The molecule has 0 aliphatic carbocycles. The number of piperazine rings is 1. The summed E-state index contributed by atoms with van der Waals surface area (Å²) in [7, 11) is 0. The summed E-state index contributed by atoms with van der Waals surface area (Å²) in [5.41, 5.74) is 3.65. The van der Waals surface area contributed by atoms with Gasteiger partial charge in [-0.25, -0.2) is 8.78 Å². The van der Waals surface area contributed by atoms with Crippen molar-refractivity contribution in [3.05, 3.63) is 40.7 Å². The molecule has 4 aliphatic rings. The Balaban J connectivity index is 1.34. The Morgan fingerprint density at radius 2 is 1.86 bits per heavy atom. The van der Waals surface area contributed by atoms with Crippen molar-refractivity contribution in [2.75, 3.05) is 43.4 Å². The fourth-order valence-electron chi connectivity index (χ4n) is 7.31. The van der Waals surface area contributed by atoms with Crippen molar-refractivity contribution in [1.82, 2.24) is 20.2 Å². The highest BCUT2D eigenvalue weighted by Gasteiger charge is 2.49. The molecule has 4 aliphatic heterocycles. The largest absolute Gasteiger partial charge is 0.461 e. The van der Waals surface area contributed by atoms with Crippen LogP contribution in [0.5, 0.6) is 6.01 Å². The van der Waals surface area contributed by atoms with Crippen molar-refractivity contribution in [1.29, 1.82) is 0 Å². The van der Waals surface area contributed by atoms with Crippen LogP contribution in [0.25, 0.3) is 22.0 Å². The molecule has 4 saturated heterocycles. The molecule has 2 aromatic carbocycles. The standard InChI is InChI=1S/C29H30ClF5N6O/c30-22-9-21-25(24(32)23(22)15-6-16(29(33,34)35)8-18(36)7-15)38-27(39-26(21)40-12-19-2-3-20(13-40)37-19)42-14-28-4-1-5-41(28)11-17(31)10-28/h6-9,17,19-20,37H,1-5,10-14,36H2/t17-,19-,20+,28+/m1/s1. The average molecular weight is 609 g/mol. The van der Waals surface area contributed by atoms with E-state index in [1.165, 1.54) is 12.1 Å². The number of hydrogen-bond acceptors (Lipinski definition) is 7. The molecule has 3 aromatic rings. The number of halogens is 6. The predicted molar refractivity (Wildman–Crippen MR) is 150 cm³/mol. The molecule has 4 fully saturated rings. The van der Waals surface area contributed by atoms with E-state index < -0.39 is 29.3 Å². The number of nitrogens with zero attached hydrogens (tertiary/aromatic N) is 4. The van der Waals surface area contributed by atoms with Crippen LogP contribution < -0.4 is 20.7 Å². The molecule has 4 atom stereocenters. The minimum Gasteiger partial charge on any atom is -0.461 e. The first kappa shape index (κ1) is 27.8. The highest BCUT2D eigenvalue weighted by molar-refractivity contribution is 6.34. The van der Waals surface area contributed by atoms with E-state index in [1.807, 2.05) is 0 Å². The van der Waals surface area contributed by atoms with Crippen LogP contribution in [-0.2, 0) is 6.18 Å². The van der Waals surface area contributed by atoms with Gasteiger partial charge in [-0.2, -0.15) is 23.1 Å². The summed E-state index contributed by atoms with van der Waals surface area (Å²) in [4.78, 5) is 13.3. The van der Waals surface area contributed by atoms with Gasteiger partial charge in [0, 0.05) is 54.8 Å².